The number of aromatic nitrogens is 4. The molecule has 164 valence electrons. The molecule has 1 aliphatic carbocycles. The van der Waals surface area contributed by atoms with Gasteiger partial charge in [-0.25, -0.2) is 9.97 Å². The van der Waals surface area contributed by atoms with Crippen LogP contribution in [-0.2, 0) is 4.79 Å². The van der Waals surface area contributed by atoms with Crippen molar-refractivity contribution < 1.29 is 4.79 Å². The molecule has 1 aromatic carbocycles. The van der Waals surface area contributed by atoms with Gasteiger partial charge in [0.1, 0.15) is 10.4 Å². The summed E-state index contributed by atoms with van der Waals surface area (Å²) in [5.41, 5.74) is 3.60. The van der Waals surface area contributed by atoms with Gasteiger partial charge >= 0.3 is 0 Å². The van der Waals surface area contributed by atoms with Gasteiger partial charge in [0.2, 0.25) is 5.91 Å². The Bertz CT molecular complexity index is 1380. The van der Waals surface area contributed by atoms with Crippen LogP contribution in [0.5, 0.6) is 0 Å². The number of benzene rings is 1. The quantitative estimate of drug-likeness (QED) is 0.501. The van der Waals surface area contributed by atoms with E-state index in [4.69, 9.17) is 4.98 Å². The topological polar surface area (TPSA) is 95.9 Å². The summed E-state index contributed by atoms with van der Waals surface area (Å²) in [6, 6.07) is 6.86. The second kappa shape index (κ2) is 7.74. The Morgan fingerprint density at radius 3 is 2.81 bits per heavy atom. The third-order valence-electron chi connectivity index (χ3n) is 6.61. The molecule has 0 spiro atoms. The summed E-state index contributed by atoms with van der Waals surface area (Å²) >= 11 is 1.52. The maximum atomic E-state index is 12.7. The normalized spacial score (nSPS) is 17.9. The van der Waals surface area contributed by atoms with Gasteiger partial charge in [0.15, 0.2) is 0 Å². The second-order valence-corrected chi connectivity index (χ2v) is 9.61. The Morgan fingerprint density at radius 2 is 1.97 bits per heavy atom. The van der Waals surface area contributed by atoms with Gasteiger partial charge in [-0.3, -0.25) is 9.59 Å². The zero-order valence-corrected chi connectivity index (χ0v) is 18.5. The fourth-order valence-electron chi connectivity index (χ4n) is 5.02. The maximum Gasteiger partial charge on any atom is 0.261 e. The molecule has 6 rings (SSSR count). The number of piperazine rings is 1. The number of H-pyrrole nitrogens is 1. The van der Waals surface area contributed by atoms with Crippen molar-refractivity contribution in [3.63, 3.8) is 0 Å². The van der Waals surface area contributed by atoms with Crippen molar-refractivity contribution >= 4 is 44.2 Å². The van der Waals surface area contributed by atoms with Crippen molar-refractivity contribution in [1.82, 2.24) is 24.8 Å². The van der Waals surface area contributed by atoms with Crippen LogP contribution in [0.1, 0.15) is 38.1 Å². The SMILES string of the molecule is O=C1CN(c2sc(-c3ccc4c(c3)ncn4C3CCCCC3)c3nc[nH]c(=O)c23)CCN1. The Hall–Kier alpha value is -3.20. The third kappa shape index (κ3) is 3.19. The van der Waals surface area contributed by atoms with Gasteiger partial charge in [0.25, 0.3) is 5.56 Å². The molecule has 32 heavy (non-hydrogen) atoms. The summed E-state index contributed by atoms with van der Waals surface area (Å²) in [6.45, 7) is 1.48. The molecule has 8 nitrogen and oxygen atoms in total. The molecule has 1 saturated carbocycles. The van der Waals surface area contributed by atoms with Crippen molar-refractivity contribution in [3.8, 4) is 10.4 Å². The lowest BCUT2D eigenvalue weighted by Crippen LogP contribution is -2.47. The minimum Gasteiger partial charge on any atom is -0.353 e. The fraction of sp³-hybridized carbons (Fsp3) is 0.391. The number of anilines is 1. The molecular weight excluding hydrogens is 424 g/mol. The number of carbonyl (C=O) groups excluding carboxylic acids is 1. The van der Waals surface area contributed by atoms with Gasteiger partial charge in [-0.2, -0.15) is 0 Å². The first-order valence-corrected chi connectivity index (χ1v) is 12.0. The van der Waals surface area contributed by atoms with Gasteiger partial charge in [0, 0.05) is 19.1 Å². The largest absolute Gasteiger partial charge is 0.353 e. The monoisotopic (exact) mass is 448 g/mol. The first kappa shape index (κ1) is 19.5. The molecule has 9 heteroatoms. The molecule has 1 amide bonds. The minimum absolute atomic E-state index is 0.0330. The van der Waals surface area contributed by atoms with Crippen LogP contribution in [-0.4, -0.2) is 45.1 Å². The van der Waals surface area contributed by atoms with Crippen LogP contribution in [0.3, 0.4) is 0 Å². The highest BCUT2D eigenvalue weighted by molar-refractivity contribution is 7.21. The Morgan fingerprint density at radius 1 is 1.09 bits per heavy atom. The van der Waals surface area contributed by atoms with E-state index in [0.29, 0.717) is 30.0 Å². The van der Waals surface area contributed by atoms with Crippen molar-refractivity contribution in [2.45, 2.75) is 38.1 Å². The molecule has 4 aromatic rings. The smallest absolute Gasteiger partial charge is 0.261 e. The summed E-state index contributed by atoms with van der Waals surface area (Å²) in [7, 11) is 0. The van der Waals surface area contributed by atoms with Crippen molar-refractivity contribution in [2.24, 2.45) is 0 Å². The molecule has 4 heterocycles. The highest BCUT2D eigenvalue weighted by Gasteiger charge is 2.25. The lowest BCUT2D eigenvalue weighted by molar-refractivity contribution is -0.120. The Labute approximate surface area is 188 Å². The number of aromatic amines is 1. The number of nitrogens with one attached hydrogen (secondary N) is 2. The van der Waals surface area contributed by atoms with E-state index >= 15 is 0 Å². The number of hydrogen-bond acceptors (Lipinski definition) is 6. The molecule has 0 unspecified atom stereocenters. The van der Waals surface area contributed by atoms with E-state index < -0.39 is 0 Å². The fourth-order valence-corrected chi connectivity index (χ4v) is 6.29. The predicted molar refractivity (Wildman–Crippen MR) is 126 cm³/mol. The summed E-state index contributed by atoms with van der Waals surface area (Å²) in [6.07, 6.45) is 9.72. The number of rotatable bonds is 3. The zero-order valence-electron chi connectivity index (χ0n) is 17.6. The first-order chi connectivity index (χ1) is 15.7. The van der Waals surface area contributed by atoms with E-state index in [-0.39, 0.29) is 18.0 Å². The third-order valence-corrected chi connectivity index (χ3v) is 7.90. The molecule has 2 aliphatic rings. The van der Waals surface area contributed by atoms with Crippen LogP contribution < -0.4 is 15.8 Å². The second-order valence-electron chi connectivity index (χ2n) is 8.61. The number of nitrogens with zero attached hydrogens (tertiary/aromatic N) is 4. The zero-order chi connectivity index (χ0) is 21.7. The van der Waals surface area contributed by atoms with E-state index in [1.54, 1.807) is 0 Å². The summed E-state index contributed by atoms with van der Waals surface area (Å²) < 4.78 is 2.32. The van der Waals surface area contributed by atoms with E-state index in [1.165, 1.54) is 49.8 Å². The van der Waals surface area contributed by atoms with Gasteiger partial charge in [-0.05, 0) is 30.5 Å². The number of hydrogen-bond donors (Lipinski definition) is 2. The Kier molecular flexibility index (Phi) is 4.71. The lowest BCUT2D eigenvalue weighted by Gasteiger charge is -2.27. The molecule has 3 aromatic heterocycles. The van der Waals surface area contributed by atoms with Gasteiger partial charge in [-0.15, -0.1) is 11.3 Å². The Balaban J connectivity index is 1.46. The number of carbonyl (C=O) groups is 1. The molecule has 1 saturated heterocycles. The molecule has 0 radical (unpaired) electrons. The average molecular weight is 449 g/mol. The van der Waals surface area contributed by atoms with E-state index in [1.807, 2.05) is 11.2 Å². The number of thiophene rings is 1. The van der Waals surface area contributed by atoms with Crippen LogP contribution >= 0.6 is 11.3 Å². The maximum absolute atomic E-state index is 12.7. The van der Waals surface area contributed by atoms with E-state index in [9.17, 15) is 9.59 Å². The average Bonchev–Trinajstić information content (AvgIpc) is 3.42. The lowest BCUT2D eigenvalue weighted by atomic mass is 9.95. The predicted octanol–water partition coefficient (Wildman–Crippen LogP) is 3.44. The highest BCUT2D eigenvalue weighted by atomic mass is 32.1. The molecule has 0 bridgehead atoms. The van der Waals surface area contributed by atoms with Crippen LogP contribution in [0.25, 0.3) is 32.4 Å². The van der Waals surface area contributed by atoms with E-state index in [0.717, 1.165) is 26.5 Å². The molecular formula is C23H24N6O2S. The summed E-state index contributed by atoms with van der Waals surface area (Å²) in [4.78, 5) is 39.5. The number of imidazole rings is 1. The van der Waals surface area contributed by atoms with Crippen molar-refractivity contribution in [1.29, 1.82) is 0 Å². The van der Waals surface area contributed by atoms with Crippen LogP contribution in [0, 0.1) is 0 Å². The summed E-state index contributed by atoms with van der Waals surface area (Å²) in [5.74, 6) is -0.0330. The first-order valence-electron chi connectivity index (χ1n) is 11.2. The minimum atomic E-state index is -0.180. The van der Waals surface area contributed by atoms with Crippen LogP contribution in [0.4, 0.5) is 5.00 Å². The molecule has 2 N–H and O–H groups in total. The van der Waals surface area contributed by atoms with Crippen LogP contribution in [0.2, 0.25) is 0 Å². The summed E-state index contributed by atoms with van der Waals surface area (Å²) in [5, 5.41) is 4.19. The molecule has 2 fully saturated rings. The van der Waals surface area contributed by atoms with Crippen LogP contribution in [0.15, 0.2) is 35.6 Å². The van der Waals surface area contributed by atoms with Gasteiger partial charge < -0.3 is 19.8 Å². The van der Waals surface area contributed by atoms with E-state index in [2.05, 4.69) is 38.1 Å². The molecule has 0 atom stereocenters. The van der Waals surface area contributed by atoms with Crippen molar-refractivity contribution in [2.75, 3.05) is 24.5 Å². The highest BCUT2D eigenvalue weighted by Crippen LogP contribution is 2.42. The van der Waals surface area contributed by atoms with Gasteiger partial charge in [0.05, 0.1) is 40.6 Å². The van der Waals surface area contributed by atoms with Crippen molar-refractivity contribution in [3.05, 3.63) is 41.2 Å². The number of fused-ring (bicyclic) bond motifs is 2. The molecule has 1 aliphatic heterocycles. The number of amides is 1. The standard InChI is InChI=1S/C23H24N6O2S/c30-18-11-28(9-8-24-18)23-19-20(25-12-26-22(19)31)21(32-23)14-6-7-17-16(10-14)27-13-29(17)15-4-2-1-3-5-15/h6-7,10,12-13,15H,1-5,8-9,11H2,(H,24,30)(H,25,26,31). The van der Waals surface area contributed by atoms with Gasteiger partial charge in [-0.1, -0.05) is 25.3 Å².